The molecule has 0 amide bonds. The fraction of sp³-hybridized carbons (Fsp3) is 0.125. The van der Waals surface area contributed by atoms with Gasteiger partial charge in [-0.2, -0.15) is 0 Å². The topological polar surface area (TPSA) is 80.4 Å². The lowest BCUT2D eigenvalue weighted by Gasteiger charge is -2.11. The van der Waals surface area contributed by atoms with Crippen LogP contribution < -0.4 is 5.73 Å². The van der Waals surface area contributed by atoms with E-state index < -0.39 is 11.9 Å². The molecule has 4 heteroatoms. The third kappa shape index (κ3) is 2.69. The second kappa shape index (κ2) is 5.57. The van der Waals surface area contributed by atoms with Crippen LogP contribution in [-0.4, -0.2) is 16.9 Å². The Morgan fingerprint density at radius 2 is 1.75 bits per heavy atom. The largest absolute Gasteiger partial charge is 0.481 e. The maximum atomic E-state index is 12.4. The molecule has 2 aromatic carbocycles. The van der Waals surface area contributed by atoms with Crippen molar-refractivity contribution in [2.45, 2.75) is 12.8 Å². The molecular formula is C16H15NO3. The predicted octanol–water partition coefficient (Wildman–Crippen LogP) is 2.69. The number of nitrogens with two attached hydrogens (primary N) is 1. The molecular weight excluding hydrogens is 254 g/mol. The summed E-state index contributed by atoms with van der Waals surface area (Å²) >= 11 is 0. The van der Waals surface area contributed by atoms with Crippen molar-refractivity contribution in [2.75, 3.05) is 5.73 Å². The van der Waals surface area contributed by atoms with Crippen LogP contribution in [0.4, 0.5) is 5.69 Å². The van der Waals surface area contributed by atoms with E-state index in [1.54, 1.807) is 49.4 Å². The first kappa shape index (κ1) is 13.8. The second-order valence-corrected chi connectivity index (χ2v) is 4.60. The van der Waals surface area contributed by atoms with Crippen molar-refractivity contribution >= 4 is 17.4 Å². The lowest BCUT2D eigenvalue weighted by atomic mass is 9.94. The number of benzene rings is 2. The van der Waals surface area contributed by atoms with Gasteiger partial charge < -0.3 is 10.8 Å². The van der Waals surface area contributed by atoms with Crippen LogP contribution in [-0.2, 0) is 4.79 Å². The molecule has 0 aliphatic rings. The van der Waals surface area contributed by atoms with Gasteiger partial charge >= 0.3 is 5.97 Å². The van der Waals surface area contributed by atoms with Gasteiger partial charge in [0.25, 0.3) is 0 Å². The normalized spacial score (nSPS) is 11.8. The molecule has 0 radical (unpaired) electrons. The van der Waals surface area contributed by atoms with Crippen LogP contribution in [0.15, 0.2) is 48.5 Å². The zero-order chi connectivity index (χ0) is 14.7. The van der Waals surface area contributed by atoms with E-state index in [1.165, 1.54) is 0 Å². The number of nitrogen functional groups attached to an aromatic ring is 1. The minimum atomic E-state index is -0.937. The number of carbonyl (C=O) groups excluding carboxylic acids is 1. The highest BCUT2D eigenvalue weighted by molar-refractivity contribution is 6.12. The lowest BCUT2D eigenvalue weighted by Crippen LogP contribution is -2.11. The Labute approximate surface area is 116 Å². The summed E-state index contributed by atoms with van der Waals surface area (Å²) in [7, 11) is 0. The van der Waals surface area contributed by atoms with E-state index in [2.05, 4.69) is 0 Å². The molecule has 0 spiro atoms. The number of carbonyl (C=O) groups is 2. The van der Waals surface area contributed by atoms with E-state index in [0.29, 0.717) is 22.4 Å². The molecule has 1 unspecified atom stereocenters. The van der Waals surface area contributed by atoms with Crippen LogP contribution in [0.3, 0.4) is 0 Å². The number of rotatable bonds is 4. The third-order valence-electron chi connectivity index (χ3n) is 3.23. The van der Waals surface area contributed by atoms with Crippen LogP contribution in [0.2, 0.25) is 0 Å². The van der Waals surface area contributed by atoms with Crippen molar-refractivity contribution in [3.05, 3.63) is 65.2 Å². The molecule has 2 aromatic rings. The van der Waals surface area contributed by atoms with Crippen molar-refractivity contribution in [2.24, 2.45) is 0 Å². The summed E-state index contributed by atoms with van der Waals surface area (Å²) in [5, 5.41) is 9.04. The maximum Gasteiger partial charge on any atom is 0.310 e. The molecule has 0 aromatic heterocycles. The van der Waals surface area contributed by atoms with Gasteiger partial charge in [0.2, 0.25) is 0 Å². The van der Waals surface area contributed by atoms with Crippen LogP contribution in [0.5, 0.6) is 0 Å². The van der Waals surface area contributed by atoms with Crippen LogP contribution >= 0.6 is 0 Å². The van der Waals surface area contributed by atoms with Gasteiger partial charge in [-0.15, -0.1) is 0 Å². The SMILES string of the molecule is CC(C(=O)O)c1ccc(N)c(C(=O)c2ccccc2)c1. The number of anilines is 1. The summed E-state index contributed by atoms with van der Waals surface area (Å²) in [6, 6.07) is 13.5. The molecule has 102 valence electrons. The Morgan fingerprint density at radius 1 is 1.10 bits per heavy atom. The number of hydrogen-bond acceptors (Lipinski definition) is 3. The van der Waals surface area contributed by atoms with E-state index in [-0.39, 0.29) is 5.78 Å². The van der Waals surface area contributed by atoms with Crippen molar-refractivity contribution < 1.29 is 14.7 Å². The van der Waals surface area contributed by atoms with Crippen molar-refractivity contribution in [1.82, 2.24) is 0 Å². The zero-order valence-corrected chi connectivity index (χ0v) is 11.0. The summed E-state index contributed by atoms with van der Waals surface area (Å²) in [5.74, 6) is -1.83. The van der Waals surface area contributed by atoms with E-state index >= 15 is 0 Å². The Kier molecular flexibility index (Phi) is 3.84. The fourth-order valence-corrected chi connectivity index (χ4v) is 1.93. The van der Waals surface area contributed by atoms with Crippen molar-refractivity contribution in [3.8, 4) is 0 Å². The van der Waals surface area contributed by atoms with Crippen LogP contribution in [0.1, 0.15) is 34.3 Å². The molecule has 0 saturated heterocycles. The first-order valence-corrected chi connectivity index (χ1v) is 6.22. The summed E-state index contributed by atoms with van der Waals surface area (Å²) in [6.07, 6.45) is 0. The molecule has 2 rings (SSSR count). The molecule has 1 atom stereocenters. The Balaban J connectivity index is 2.44. The van der Waals surface area contributed by atoms with Gasteiger partial charge in [0.05, 0.1) is 5.92 Å². The number of carboxylic acids is 1. The molecule has 0 aliphatic carbocycles. The van der Waals surface area contributed by atoms with E-state index in [1.807, 2.05) is 6.07 Å². The highest BCUT2D eigenvalue weighted by atomic mass is 16.4. The Morgan fingerprint density at radius 3 is 2.35 bits per heavy atom. The lowest BCUT2D eigenvalue weighted by molar-refractivity contribution is -0.138. The van der Waals surface area contributed by atoms with Crippen LogP contribution in [0, 0.1) is 0 Å². The van der Waals surface area contributed by atoms with E-state index in [0.717, 1.165) is 0 Å². The van der Waals surface area contributed by atoms with Crippen LogP contribution in [0.25, 0.3) is 0 Å². The maximum absolute atomic E-state index is 12.4. The smallest absolute Gasteiger partial charge is 0.310 e. The summed E-state index contributed by atoms with van der Waals surface area (Å²) in [5.41, 5.74) is 7.61. The molecule has 3 N–H and O–H groups in total. The fourth-order valence-electron chi connectivity index (χ4n) is 1.93. The monoisotopic (exact) mass is 269 g/mol. The minimum absolute atomic E-state index is 0.206. The summed E-state index contributed by atoms with van der Waals surface area (Å²) in [6.45, 7) is 1.57. The van der Waals surface area contributed by atoms with Gasteiger partial charge in [0.1, 0.15) is 0 Å². The molecule has 0 saturated carbocycles. The minimum Gasteiger partial charge on any atom is -0.481 e. The van der Waals surface area contributed by atoms with Gasteiger partial charge in [-0.25, -0.2) is 0 Å². The average Bonchev–Trinajstić information content (AvgIpc) is 2.47. The molecule has 0 bridgehead atoms. The number of aliphatic carboxylic acids is 1. The van der Waals surface area contributed by atoms with Gasteiger partial charge in [-0.05, 0) is 24.6 Å². The first-order chi connectivity index (χ1) is 9.50. The molecule has 0 heterocycles. The molecule has 0 aliphatic heterocycles. The zero-order valence-electron chi connectivity index (χ0n) is 11.0. The second-order valence-electron chi connectivity index (χ2n) is 4.60. The van der Waals surface area contributed by atoms with Crippen molar-refractivity contribution in [1.29, 1.82) is 0 Å². The molecule has 4 nitrogen and oxygen atoms in total. The Hall–Kier alpha value is -2.62. The predicted molar refractivity (Wildman–Crippen MR) is 76.8 cm³/mol. The van der Waals surface area contributed by atoms with E-state index in [4.69, 9.17) is 10.8 Å². The van der Waals surface area contributed by atoms with Gasteiger partial charge in [0, 0.05) is 16.8 Å². The van der Waals surface area contributed by atoms with Gasteiger partial charge in [-0.1, -0.05) is 36.4 Å². The Bertz CT molecular complexity index is 650. The quantitative estimate of drug-likeness (QED) is 0.660. The highest BCUT2D eigenvalue weighted by Gasteiger charge is 2.18. The standard InChI is InChI=1S/C16H15NO3/c1-10(16(19)20)12-7-8-14(17)13(9-12)15(18)11-5-3-2-4-6-11/h2-10H,17H2,1H3,(H,19,20). The van der Waals surface area contributed by atoms with E-state index in [9.17, 15) is 9.59 Å². The van der Waals surface area contributed by atoms with Crippen molar-refractivity contribution in [3.63, 3.8) is 0 Å². The number of ketones is 1. The third-order valence-corrected chi connectivity index (χ3v) is 3.23. The van der Waals surface area contributed by atoms with Gasteiger partial charge in [0.15, 0.2) is 5.78 Å². The highest BCUT2D eigenvalue weighted by Crippen LogP contribution is 2.23. The summed E-state index contributed by atoms with van der Waals surface area (Å²) < 4.78 is 0. The average molecular weight is 269 g/mol. The summed E-state index contributed by atoms with van der Waals surface area (Å²) in [4.78, 5) is 23.4. The first-order valence-electron chi connectivity index (χ1n) is 6.22. The molecule has 0 fully saturated rings. The number of carboxylic acid groups (broad SMARTS) is 1. The number of hydrogen-bond donors (Lipinski definition) is 2. The van der Waals surface area contributed by atoms with Gasteiger partial charge in [-0.3, -0.25) is 9.59 Å². The molecule has 20 heavy (non-hydrogen) atoms.